The van der Waals surface area contributed by atoms with E-state index in [0.29, 0.717) is 29.1 Å². The molecule has 2 amide bonds. The van der Waals surface area contributed by atoms with Crippen molar-refractivity contribution in [3.63, 3.8) is 0 Å². The van der Waals surface area contributed by atoms with Crippen LogP contribution in [0.2, 0.25) is 0 Å². The Hall–Kier alpha value is -2.71. The van der Waals surface area contributed by atoms with E-state index in [1.165, 1.54) is 17.2 Å². The Balaban J connectivity index is 0.00000218. The third-order valence-corrected chi connectivity index (χ3v) is 5.86. The number of urea groups is 1. The van der Waals surface area contributed by atoms with Crippen LogP contribution in [0.5, 0.6) is 0 Å². The first-order valence-corrected chi connectivity index (χ1v) is 10.00. The quantitative estimate of drug-likeness (QED) is 0.651. The Kier molecular flexibility index (Phi) is 5.62. The Morgan fingerprint density at radius 1 is 1.30 bits per heavy atom. The lowest BCUT2D eigenvalue weighted by molar-refractivity contribution is 0.257. The SMILES string of the molecule is Cl.Cn1cc2cc(NC(=O)N3CCc4c(C5CCNCC5)ccnc43)cc(F)c2n1. The van der Waals surface area contributed by atoms with Crippen LogP contribution in [0.3, 0.4) is 0 Å². The van der Waals surface area contributed by atoms with Crippen LogP contribution in [0.25, 0.3) is 10.9 Å². The summed E-state index contributed by atoms with van der Waals surface area (Å²) in [5.41, 5.74) is 3.19. The number of hydrogen-bond donors (Lipinski definition) is 2. The standard InChI is InChI=1S/C21H23FN6O.ClH/c1-27-12-14-10-15(11-18(22)19(14)26-27)25-21(29)28-9-5-17-16(4-8-24-20(17)28)13-2-6-23-7-3-13;/h4,8,10-13,23H,2-3,5-7,9H2,1H3,(H,25,29);1H. The molecule has 1 saturated heterocycles. The van der Waals surface area contributed by atoms with Gasteiger partial charge in [0.2, 0.25) is 0 Å². The number of carbonyl (C=O) groups is 1. The molecular weight excluding hydrogens is 407 g/mol. The van der Waals surface area contributed by atoms with Crippen molar-refractivity contribution in [2.75, 3.05) is 29.9 Å². The number of nitrogens with zero attached hydrogens (tertiary/aromatic N) is 4. The van der Waals surface area contributed by atoms with Crippen molar-refractivity contribution in [1.29, 1.82) is 0 Å². The second kappa shape index (κ2) is 8.20. The molecule has 0 bridgehead atoms. The van der Waals surface area contributed by atoms with Gasteiger partial charge in [0.05, 0.1) is 0 Å². The molecular formula is C21H24ClFN6O. The van der Waals surface area contributed by atoms with Crippen LogP contribution in [-0.2, 0) is 13.5 Å². The van der Waals surface area contributed by atoms with E-state index in [9.17, 15) is 9.18 Å². The molecule has 0 atom stereocenters. The van der Waals surface area contributed by atoms with E-state index in [-0.39, 0.29) is 18.4 Å². The van der Waals surface area contributed by atoms with Crippen molar-refractivity contribution in [2.24, 2.45) is 7.05 Å². The Labute approximate surface area is 180 Å². The Morgan fingerprint density at radius 3 is 2.90 bits per heavy atom. The second-order valence-electron chi connectivity index (χ2n) is 7.76. The van der Waals surface area contributed by atoms with Crippen LogP contribution < -0.4 is 15.5 Å². The minimum absolute atomic E-state index is 0. The van der Waals surface area contributed by atoms with Gasteiger partial charge in [-0.25, -0.2) is 14.2 Å². The van der Waals surface area contributed by atoms with E-state index in [2.05, 4.69) is 26.8 Å². The van der Waals surface area contributed by atoms with Gasteiger partial charge in [0.15, 0.2) is 5.82 Å². The Bertz CT molecular complexity index is 1090. The van der Waals surface area contributed by atoms with Gasteiger partial charge >= 0.3 is 6.03 Å². The van der Waals surface area contributed by atoms with Gasteiger partial charge in [-0.15, -0.1) is 12.4 Å². The van der Waals surface area contributed by atoms with E-state index >= 15 is 0 Å². The highest BCUT2D eigenvalue weighted by atomic mass is 35.5. The van der Waals surface area contributed by atoms with Crippen LogP contribution in [0.1, 0.15) is 29.9 Å². The predicted molar refractivity (Wildman–Crippen MR) is 117 cm³/mol. The van der Waals surface area contributed by atoms with E-state index in [1.54, 1.807) is 35.1 Å². The molecule has 5 rings (SSSR count). The van der Waals surface area contributed by atoms with Gasteiger partial charge in [0.25, 0.3) is 0 Å². The highest BCUT2D eigenvalue weighted by Crippen LogP contribution is 2.36. The van der Waals surface area contributed by atoms with Crippen LogP contribution >= 0.6 is 12.4 Å². The monoisotopic (exact) mass is 430 g/mol. The summed E-state index contributed by atoms with van der Waals surface area (Å²) in [5, 5.41) is 11.0. The fraction of sp³-hybridized carbons (Fsp3) is 0.381. The van der Waals surface area contributed by atoms with Gasteiger partial charge in [-0.3, -0.25) is 9.58 Å². The number of amides is 2. The highest BCUT2D eigenvalue weighted by Gasteiger charge is 2.30. The fourth-order valence-electron chi connectivity index (χ4n) is 4.50. The number of hydrogen-bond acceptors (Lipinski definition) is 4. The summed E-state index contributed by atoms with van der Waals surface area (Å²) in [4.78, 5) is 19.1. The van der Waals surface area contributed by atoms with Crippen molar-refractivity contribution in [1.82, 2.24) is 20.1 Å². The summed E-state index contributed by atoms with van der Waals surface area (Å²) in [6.07, 6.45) is 6.53. The summed E-state index contributed by atoms with van der Waals surface area (Å²) >= 11 is 0. The fourth-order valence-corrected chi connectivity index (χ4v) is 4.50. The molecule has 2 aliphatic rings. The zero-order valence-corrected chi connectivity index (χ0v) is 17.5. The molecule has 0 aliphatic carbocycles. The van der Waals surface area contributed by atoms with Crippen LogP contribution in [0.15, 0.2) is 30.6 Å². The maximum atomic E-state index is 14.3. The molecule has 0 saturated carbocycles. The van der Waals surface area contributed by atoms with Crippen LogP contribution in [0, 0.1) is 5.82 Å². The number of nitrogens with one attached hydrogen (secondary N) is 2. The summed E-state index contributed by atoms with van der Waals surface area (Å²) in [6, 6.07) is 4.85. The summed E-state index contributed by atoms with van der Waals surface area (Å²) < 4.78 is 15.9. The third kappa shape index (κ3) is 3.61. The topological polar surface area (TPSA) is 75.1 Å². The van der Waals surface area contributed by atoms with Gasteiger partial charge in [-0.05, 0) is 62.0 Å². The number of carbonyl (C=O) groups excluding carboxylic acids is 1. The number of pyridine rings is 1. The number of rotatable bonds is 2. The molecule has 2 aromatic heterocycles. The molecule has 0 spiro atoms. The van der Waals surface area contributed by atoms with Crippen molar-refractivity contribution >= 4 is 40.8 Å². The molecule has 3 aromatic rings. The van der Waals surface area contributed by atoms with Crippen molar-refractivity contribution < 1.29 is 9.18 Å². The number of aryl methyl sites for hydroxylation is 1. The molecule has 158 valence electrons. The molecule has 1 fully saturated rings. The van der Waals surface area contributed by atoms with E-state index in [1.807, 2.05) is 0 Å². The lowest BCUT2D eigenvalue weighted by atomic mass is 9.87. The number of benzene rings is 1. The smallest absolute Gasteiger partial charge is 0.317 e. The van der Waals surface area contributed by atoms with Crippen molar-refractivity contribution in [3.05, 3.63) is 47.5 Å². The maximum absolute atomic E-state index is 14.3. The first kappa shape index (κ1) is 20.6. The average molecular weight is 431 g/mol. The van der Waals surface area contributed by atoms with Crippen LogP contribution in [0.4, 0.5) is 20.7 Å². The number of fused-ring (bicyclic) bond motifs is 2. The zero-order valence-electron chi connectivity index (χ0n) is 16.7. The number of anilines is 2. The van der Waals surface area contributed by atoms with Gasteiger partial charge in [-0.1, -0.05) is 0 Å². The van der Waals surface area contributed by atoms with E-state index in [0.717, 1.165) is 38.2 Å². The molecule has 30 heavy (non-hydrogen) atoms. The molecule has 0 unspecified atom stereocenters. The molecule has 1 aromatic carbocycles. The molecule has 0 radical (unpaired) electrons. The lowest BCUT2D eigenvalue weighted by Crippen LogP contribution is -2.33. The first-order chi connectivity index (χ1) is 14.1. The third-order valence-electron chi connectivity index (χ3n) is 5.86. The summed E-state index contributed by atoms with van der Waals surface area (Å²) in [6.45, 7) is 2.62. The minimum Gasteiger partial charge on any atom is -0.317 e. The minimum atomic E-state index is -0.452. The maximum Gasteiger partial charge on any atom is 0.327 e. The molecule has 9 heteroatoms. The molecule has 2 N–H and O–H groups in total. The van der Waals surface area contributed by atoms with Gasteiger partial charge in [0, 0.05) is 42.6 Å². The van der Waals surface area contributed by atoms with E-state index in [4.69, 9.17) is 0 Å². The molecule has 4 heterocycles. The predicted octanol–water partition coefficient (Wildman–Crippen LogP) is 3.59. The number of halogens is 2. The van der Waals surface area contributed by atoms with Gasteiger partial charge in [0.1, 0.15) is 11.3 Å². The second-order valence-corrected chi connectivity index (χ2v) is 7.76. The van der Waals surface area contributed by atoms with Gasteiger partial charge < -0.3 is 10.6 Å². The van der Waals surface area contributed by atoms with Gasteiger partial charge in [-0.2, -0.15) is 5.10 Å². The number of piperidine rings is 1. The first-order valence-electron chi connectivity index (χ1n) is 10.00. The molecule has 2 aliphatic heterocycles. The largest absolute Gasteiger partial charge is 0.327 e. The summed E-state index contributed by atoms with van der Waals surface area (Å²) in [7, 11) is 1.74. The lowest BCUT2D eigenvalue weighted by Gasteiger charge is -2.25. The van der Waals surface area contributed by atoms with E-state index < -0.39 is 5.82 Å². The average Bonchev–Trinajstić information content (AvgIpc) is 3.32. The number of aromatic nitrogens is 3. The summed E-state index contributed by atoms with van der Waals surface area (Å²) in [5.74, 6) is 0.783. The zero-order chi connectivity index (χ0) is 20.0. The highest BCUT2D eigenvalue weighted by molar-refractivity contribution is 6.03. The Morgan fingerprint density at radius 2 is 2.10 bits per heavy atom. The van der Waals surface area contributed by atoms with Crippen molar-refractivity contribution in [2.45, 2.75) is 25.2 Å². The van der Waals surface area contributed by atoms with Crippen LogP contribution in [-0.4, -0.2) is 40.4 Å². The molecule has 7 nitrogen and oxygen atoms in total. The normalized spacial score (nSPS) is 16.4. The van der Waals surface area contributed by atoms with Crippen molar-refractivity contribution in [3.8, 4) is 0 Å².